The van der Waals surface area contributed by atoms with E-state index in [9.17, 15) is 4.79 Å². The van der Waals surface area contributed by atoms with E-state index in [-0.39, 0.29) is 23.0 Å². The Kier molecular flexibility index (Phi) is 9.80. The number of ether oxygens (including phenoxy) is 1. The van der Waals surface area contributed by atoms with Crippen molar-refractivity contribution in [2.45, 2.75) is 52.4 Å². The van der Waals surface area contributed by atoms with Crippen molar-refractivity contribution in [1.82, 2.24) is 14.5 Å². The molecule has 1 aliphatic heterocycles. The highest BCUT2D eigenvalue weighted by Crippen LogP contribution is 2.16. The van der Waals surface area contributed by atoms with Crippen LogP contribution < -0.4 is 10.4 Å². The molecule has 0 unspecified atom stereocenters. The minimum Gasteiger partial charge on any atom is -0.480 e. The second-order valence-corrected chi connectivity index (χ2v) is 6.69. The van der Waals surface area contributed by atoms with Gasteiger partial charge in [0.2, 0.25) is 11.5 Å². The summed E-state index contributed by atoms with van der Waals surface area (Å²) in [6.45, 7) is 6.79. The minimum atomic E-state index is -0.0883. The smallest absolute Gasteiger partial charge is 0.230 e. The van der Waals surface area contributed by atoms with Crippen LogP contribution in [0.5, 0.6) is 5.88 Å². The first kappa shape index (κ1) is 22.0. The van der Waals surface area contributed by atoms with E-state index >= 15 is 0 Å². The standard InChI is InChI=1S/C14H22N4O2.C5H11N/c1-4-6-10(7-5-2)12(15)18-8-11(9-19)13(20-3)17-14(18)16;1-6-4-2-3-5-6/h8-10,15-16H,4-7H2,1-3H3;2-5H2,1H3. The number of nitrogens with one attached hydrogen (secondary N) is 2. The zero-order valence-corrected chi connectivity index (χ0v) is 16.5. The minimum absolute atomic E-state index is 0.0776. The summed E-state index contributed by atoms with van der Waals surface area (Å²) in [5, 5.41) is 16.2. The van der Waals surface area contributed by atoms with Crippen molar-refractivity contribution in [3.8, 4) is 5.88 Å². The first-order chi connectivity index (χ1) is 12.5. The van der Waals surface area contributed by atoms with Crippen LogP contribution in [0.2, 0.25) is 0 Å². The average molecular weight is 364 g/mol. The van der Waals surface area contributed by atoms with Crippen molar-refractivity contribution in [3.63, 3.8) is 0 Å². The maximum Gasteiger partial charge on any atom is 0.230 e. The number of nitrogens with zero attached hydrogens (tertiary/aromatic N) is 3. The Morgan fingerprint density at radius 1 is 1.31 bits per heavy atom. The fourth-order valence-corrected chi connectivity index (χ4v) is 3.08. The van der Waals surface area contributed by atoms with Gasteiger partial charge in [0, 0.05) is 12.1 Å². The molecule has 2 N–H and O–H groups in total. The summed E-state index contributed by atoms with van der Waals surface area (Å²) in [5.74, 6) is 0.516. The quantitative estimate of drug-likeness (QED) is 0.442. The highest BCUT2D eigenvalue weighted by molar-refractivity contribution is 5.85. The molecule has 0 atom stereocenters. The summed E-state index contributed by atoms with van der Waals surface area (Å²) < 4.78 is 6.32. The number of aldehydes is 1. The predicted molar refractivity (Wildman–Crippen MR) is 103 cm³/mol. The van der Waals surface area contributed by atoms with Crippen molar-refractivity contribution in [2.75, 3.05) is 27.2 Å². The monoisotopic (exact) mass is 363 g/mol. The second-order valence-electron chi connectivity index (χ2n) is 6.69. The first-order valence-electron chi connectivity index (χ1n) is 9.43. The largest absolute Gasteiger partial charge is 0.480 e. The van der Waals surface area contributed by atoms with Crippen LogP contribution in [0.15, 0.2) is 6.20 Å². The number of aromatic nitrogens is 2. The number of rotatable bonds is 7. The van der Waals surface area contributed by atoms with E-state index < -0.39 is 0 Å². The third-order valence-corrected chi connectivity index (χ3v) is 4.52. The van der Waals surface area contributed by atoms with Gasteiger partial charge in [-0.25, -0.2) is 0 Å². The van der Waals surface area contributed by atoms with Crippen LogP contribution in [0.4, 0.5) is 0 Å². The van der Waals surface area contributed by atoms with E-state index in [0.717, 1.165) is 25.7 Å². The third kappa shape index (κ3) is 6.37. The van der Waals surface area contributed by atoms with E-state index in [1.165, 1.54) is 43.8 Å². The summed E-state index contributed by atoms with van der Waals surface area (Å²) in [4.78, 5) is 17.3. The molecule has 0 amide bonds. The Balaban J connectivity index is 0.000000472. The van der Waals surface area contributed by atoms with Crippen LogP contribution in [-0.4, -0.2) is 53.8 Å². The van der Waals surface area contributed by atoms with E-state index in [0.29, 0.717) is 12.1 Å². The molecule has 26 heavy (non-hydrogen) atoms. The molecule has 2 heterocycles. The summed E-state index contributed by atoms with van der Waals surface area (Å²) in [5.41, 5.74) is 0.162. The van der Waals surface area contributed by atoms with Crippen molar-refractivity contribution < 1.29 is 9.53 Å². The van der Waals surface area contributed by atoms with E-state index in [1.54, 1.807) is 0 Å². The zero-order valence-electron chi connectivity index (χ0n) is 16.5. The number of hydrogen-bond donors (Lipinski definition) is 2. The van der Waals surface area contributed by atoms with Crippen LogP contribution in [0.25, 0.3) is 0 Å². The predicted octanol–water partition coefficient (Wildman–Crippen LogP) is 2.94. The molecule has 146 valence electrons. The van der Waals surface area contributed by atoms with Crippen LogP contribution >= 0.6 is 0 Å². The van der Waals surface area contributed by atoms with Gasteiger partial charge in [-0.1, -0.05) is 26.7 Å². The normalized spacial score (nSPS) is 14.0. The van der Waals surface area contributed by atoms with Gasteiger partial charge in [0.15, 0.2) is 6.29 Å². The van der Waals surface area contributed by atoms with Crippen LogP contribution in [-0.2, 0) is 0 Å². The van der Waals surface area contributed by atoms with Gasteiger partial charge in [-0.2, -0.15) is 4.98 Å². The fraction of sp³-hybridized carbons (Fsp3) is 0.684. The van der Waals surface area contributed by atoms with E-state index in [4.69, 9.17) is 15.6 Å². The highest BCUT2D eigenvalue weighted by Gasteiger charge is 2.17. The molecule has 0 saturated carbocycles. The maximum atomic E-state index is 11.0. The molecular weight excluding hydrogens is 330 g/mol. The van der Waals surface area contributed by atoms with Gasteiger partial charge in [-0.3, -0.25) is 20.2 Å². The van der Waals surface area contributed by atoms with E-state index in [2.05, 4.69) is 30.8 Å². The van der Waals surface area contributed by atoms with Crippen LogP contribution in [0.1, 0.15) is 62.7 Å². The maximum absolute atomic E-state index is 11.0. The Hall–Kier alpha value is -2.02. The average Bonchev–Trinajstić information content (AvgIpc) is 3.12. The second kappa shape index (κ2) is 11.6. The Bertz CT molecular complexity index is 629. The van der Waals surface area contributed by atoms with E-state index in [1.807, 2.05) is 0 Å². The molecule has 1 aliphatic rings. The lowest BCUT2D eigenvalue weighted by molar-refractivity contribution is 0.111. The van der Waals surface area contributed by atoms with Crippen LogP contribution in [0, 0.1) is 16.7 Å². The molecule has 7 heteroatoms. The van der Waals surface area contributed by atoms with Gasteiger partial charge >= 0.3 is 0 Å². The SMILES string of the molecule is CCCC(CCC)C(=N)n1cc(C=O)c(OC)nc1=N.CN1CCCC1. The van der Waals surface area contributed by atoms with Gasteiger partial charge in [0.25, 0.3) is 0 Å². The lowest BCUT2D eigenvalue weighted by Crippen LogP contribution is -2.34. The Morgan fingerprint density at radius 2 is 1.88 bits per heavy atom. The van der Waals surface area contributed by atoms with Gasteiger partial charge in [-0.15, -0.1) is 0 Å². The summed E-state index contributed by atoms with van der Waals surface area (Å²) in [7, 11) is 3.58. The number of methoxy groups -OCH3 is 1. The van der Waals surface area contributed by atoms with Crippen molar-refractivity contribution >= 4 is 12.1 Å². The lowest BCUT2D eigenvalue weighted by atomic mass is 9.97. The Labute approximate surface area is 156 Å². The lowest BCUT2D eigenvalue weighted by Gasteiger charge is -2.19. The molecule has 0 aliphatic carbocycles. The van der Waals surface area contributed by atoms with Gasteiger partial charge < -0.3 is 9.64 Å². The van der Waals surface area contributed by atoms with Crippen LogP contribution in [0.3, 0.4) is 0 Å². The fourth-order valence-electron chi connectivity index (χ4n) is 3.08. The van der Waals surface area contributed by atoms with Gasteiger partial charge in [0.05, 0.1) is 12.7 Å². The molecule has 1 aromatic heterocycles. The molecule has 0 spiro atoms. The highest BCUT2D eigenvalue weighted by atomic mass is 16.5. The molecule has 1 fully saturated rings. The number of likely N-dealkylation sites (tertiary alicyclic amines) is 1. The summed E-state index contributed by atoms with van der Waals surface area (Å²) >= 11 is 0. The molecule has 0 radical (unpaired) electrons. The molecule has 7 nitrogen and oxygen atoms in total. The molecule has 1 saturated heterocycles. The summed E-state index contributed by atoms with van der Waals surface area (Å²) in [6, 6.07) is 0. The Morgan fingerprint density at radius 3 is 2.27 bits per heavy atom. The summed E-state index contributed by atoms with van der Waals surface area (Å²) in [6.07, 6.45) is 8.65. The molecule has 0 aromatic carbocycles. The van der Waals surface area contributed by atoms with Gasteiger partial charge in [-0.05, 0) is 45.8 Å². The molecule has 1 aromatic rings. The van der Waals surface area contributed by atoms with Crippen molar-refractivity contribution in [3.05, 3.63) is 17.4 Å². The first-order valence-corrected chi connectivity index (χ1v) is 9.43. The topological polar surface area (TPSA) is 95.1 Å². The zero-order chi connectivity index (χ0) is 19.5. The number of carbonyl (C=O) groups excluding carboxylic acids is 1. The van der Waals surface area contributed by atoms with Crippen molar-refractivity contribution in [2.24, 2.45) is 5.92 Å². The van der Waals surface area contributed by atoms with Gasteiger partial charge in [0.1, 0.15) is 5.84 Å². The molecule has 0 bridgehead atoms. The third-order valence-electron chi connectivity index (χ3n) is 4.52. The number of hydrogen-bond acceptors (Lipinski definition) is 6. The van der Waals surface area contributed by atoms with Crippen molar-refractivity contribution in [1.29, 1.82) is 10.8 Å². The molecule has 2 rings (SSSR count). The number of carbonyl (C=O) groups is 1. The molecular formula is C19H33N5O2.